The van der Waals surface area contributed by atoms with Gasteiger partial charge < -0.3 is 10.1 Å². The van der Waals surface area contributed by atoms with Gasteiger partial charge >= 0.3 is 0 Å². The van der Waals surface area contributed by atoms with Gasteiger partial charge in [0.2, 0.25) is 5.91 Å². The summed E-state index contributed by atoms with van der Waals surface area (Å²) in [4.78, 5) is 12.1. The number of ether oxygens (including phenoxy) is 1. The standard InChI is InChI=1S/C17H18ClNO4S/c1-2-23-15-9-5-4-8-14(15)19-17(20)11-12-24(21,22)16-10-6-3-7-13(16)18/h3-10H,2,11-12H2,1H3,(H,19,20). The molecule has 0 aliphatic carbocycles. The molecule has 0 aromatic heterocycles. The fourth-order valence-corrected chi connectivity index (χ4v) is 3.91. The molecule has 0 spiro atoms. The van der Waals surface area contributed by atoms with Gasteiger partial charge in [-0.3, -0.25) is 4.79 Å². The average molecular weight is 368 g/mol. The van der Waals surface area contributed by atoms with E-state index in [2.05, 4.69) is 5.32 Å². The summed E-state index contributed by atoms with van der Waals surface area (Å²) in [6.45, 7) is 2.31. The Kier molecular flexibility index (Phi) is 6.23. The lowest BCUT2D eigenvalue weighted by Crippen LogP contribution is -2.18. The minimum Gasteiger partial charge on any atom is -0.492 e. The molecule has 1 amide bonds. The van der Waals surface area contributed by atoms with E-state index < -0.39 is 15.7 Å². The molecule has 0 aliphatic rings. The number of rotatable bonds is 7. The summed E-state index contributed by atoms with van der Waals surface area (Å²) in [5.74, 6) is -0.181. The van der Waals surface area contributed by atoms with Crippen LogP contribution in [0.15, 0.2) is 53.4 Å². The molecule has 0 fully saturated rings. The number of hydrogen-bond acceptors (Lipinski definition) is 4. The number of para-hydroxylation sites is 2. The van der Waals surface area contributed by atoms with Crippen molar-refractivity contribution in [2.45, 2.75) is 18.2 Å². The van der Waals surface area contributed by atoms with Crippen LogP contribution in [0.3, 0.4) is 0 Å². The van der Waals surface area contributed by atoms with E-state index in [1.54, 1.807) is 36.4 Å². The number of halogens is 1. The van der Waals surface area contributed by atoms with Crippen molar-refractivity contribution in [1.29, 1.82) is 0 Å². The first-order valence-corrected chi connectivity index (χ1v) is 9.46. The number of hydrogen-bond donors (Lipinski definition) is 1. The van der Waals surface area contributed by atoms with Crippen LogP contribution in [-0.2, 0) is 14.6 Å². The van der Waals surface area contributed by atoms with Crippen molar-refractivity contribution in [2.24, 2.45) is 0 Å². The summed E-state index contributed by atoms with van der Waals surface area (Å²) in [5, 5.41) is 2.83. The second-order valence-corrected chi connectivity index (χ2v) is 7.46. The number of carbonyl (C=O) groups excluding carboxylic acids is 1. The molecule has 0 radical (unpaired) electrons. The van der Waals surface area contributed by atoms with Crippen LogP contribution in [0.5, 0.6) is 5.75 Å². The molecule has 7 heteroatoms. The van der Waals surface area contributed by atoms with Crippen molar-refractivity contribution in [3.8, 4) is 5.75 Å². The van der Waals surface area contributed by atoms with E-state index in [1.165, 1.54) is 12.1 Å². The van der Waals surface area contributed by atoms with E-state index in [1.807, 2.05) is 6.92 Å². The Hall–Kier alpha value is -2.05. The smallest absolute Gasteiger partial charge is 0.225 e. The number of benzene rings is 2. The Morgan fingerprint density at radius 1 is 1.12 bits per heavy atom. The number of carbonyl (C=O) groups is 1. The third kappa shape index (κ3) is 4.72. The zero-order valence-corrected chi connectivity index (χ0v) is 14.7. The fraction of sp³-hybridized carbons (Fsp3) is 0.235. The van der Waals surface area contributed by atoms with Crippen LogP contribution < -0.4 is 10.1 Å². The highest BCUT2D eigenvalue weighted by Crippen LogP contribution is 2.25. The van der Waals surface area contributed by atoms with Crippen LogP contribution in [0.1, 0.15) is 13.3 Å². The van der Waals surface area contributed by atoms with E-state index in [-0.39, 0.29) is 22.1 Å². The highest BCUT2D eigenvalue weighted by Gasteiger charge is 2.19. The molecule has 1 N–H and O–H groups in total. The van der Waals surface area contributed by atoms with Crippen molar-refractivity contribution in [3.63, 3.8) is 0 Å². The number of amides is 1. The number of anilines is 1. The lowest BCUT2D eigenvalue weighted by Gasteiger charge is -2.11. The summed E-state index contributed by atoms with van der Waals surface area (Å²) in [6, 6.07) is 13.2. The van der Waals surface area contributed by atoms with Gasteiger partial charge in [0.1, 0.15) is 5.75 Å². The second-order valence-electron chi connectivity index (χ2n) is 4.98. The Balaban J connectivity index is 2.02. The van der Waals surface area contributed by atoms with Gasteiger partial charge in [0.25, 0.3) is 0 Å². The Labute approximate surface area is 146 Å². The predicted octanol–water partition coefficient (Wildman–Crippen LogP) is 3.54. The highest BCUT2D eigenvalue weighted by molar-refractivity contribution is 7.91. The maximum absolute atomic E-state index is 12.3. The maximum atomic E-state index is 12.3. The highest BCUT2D eigenvalue weighted by atomic mass is 35.5. The van der Waals surface area contributed by atoms with Gasteiger partial charge in [0, 0.05) is 6.42 Å². The van der Waals surface area contributed by atoms with Crippen LogP contribution in [-0.4, -0.2) is 26.7 Å². The van der Waals surface area contributed by atoms with Gasteiger partial charge in [0.05, 0.1) is 28.0 Å². The topological polar surface area (TPSA) is 72.5 Å². The van der Waals surface area contributed by atoms with E-state index in [9.17, 15) is 13.2 Å². The average Bonchev–Trinajstić information content (AvgIpc) is 2.55. The van der Waals surface area contributed by atoms with Crippen molar-refractivity contribution < 1.29 is 17.9 Å². The third-order valence-electron chi connectivity index (χ3n) is 3.23. The van der Waals surface area contributed by atoms with Crippen LogP contribution >= 0.6 is 11.6 Å². The molecular formula is C17H18ClNO4S. The molecule has 128 valence electrons. The molecule has 0 atom stereocenters. The van der Waals surface area contributed by atoms with Crippen molar-refractivity contribution in [2.75, 3.05) is 17.7 Å². The minimum absolute atomic E-state index is 0.0363. The first-order valence-electron chi connectivity index (χ1n) is 7.43. The fourth-order valence-electron chi connectivity index (χ4n) is 2.10. The van der Waals surface area contributed by atoms with Crippen LogP contribution in [0.25, 0.3) is 0 Å². The Morgan fingerprint density at radius 2 is 1.79 bits per heavy atom. The van der Waals surface area contributed by atoms with Gasteiger partial charge in [0.15, 0.2) is 9.84 Å². The summed E-state index contributed by atoms with van der Waals surface area (Å²) in [5.41, 5.74) is 0.513. The molecule has 0 heterocycles. The molecule has 24 heavy (non-hydrogen) atoms. The Bertz CT molecular complexity index is 821. The molecule has 0 saturated carbocycles. The van der Waals surface area contributed by atoms with E-state index in [0.717, 1.165) is 0 Å². The molecule has 0 aliphatic heterocycles. The molecule has 0 saturated heterocycles. The normalized spacial score (nSPS) is 11.1. The van der Waals surface area contributed by atoms with E-state index >= 15 is 0 Å². The molecule has 0 bridgehead atoms. The first kappa shape index (κ1) is 18.3. The summed E-state index contributed by atoms with van der Waals surface area (Å²) < 4.78 is 30.0. The Morgan fingerprint density at radius 3 is 2.50 bits per heavy atom. The van der Waals surface area contributed by atoms with Gasteiger partial charge in [-0.1, -0.05) is 35.9 Å². The van der Waals surface area contributed by atoms with Gasteiger partial charge in [-0.2, -0.15) is 0 Å². The second kappa shape index (κ2) is 8.17. The lowest BCUT2D eigenvalue weighted by atomic mass is 10.3. The lowest BCUT2D eigenvalue weighted by molar-refractivity contribution is -0.115. The molecular weight excluding hydrogens is 350 g/mol. The van der Waals surface area contributed by atoms with Crippen molar-refractivity contribution in [3.05, 3.63) is 53.6 Å². The molecule has 0 unspecified atom stereocenters. The molecule has 2 aromatic rings. The molecule has 5 nitrogen and oxygen atoms in total. The zero-order chi connectivity index (χ0) is 17.6. The molecule has 2 aromatic carbocycles. The number of nitrogens with one attached hydrogen (secondary N) is 1. The minimum atomic E-state index is -3.62. The summed E-state index contributed by atoms with van der Waals surface area (Å²) in [7, 11) is -3.62. The van der Waals surface area contributed by atoms with Crippen LogP contribution in [0.4, 0.5) is 5.69 Å². The summed E-state index contributed by atoms with van der Waals surface area (Å²) in [6.07, 6.45) is -0.173. The van der Waals surface area contributed by atoms with E-state index in [4.69, 9.17) is 16.3 Å². The quantitative estimate of drug-likeness (QED) is 0.812. The van der Waals surface area contributed by atoms with Crippen LogP contribution in [0, 0.1) is 0 Å². The van der Waals surface area contributed by atoms with Gasteiger partial charge in [-0.15, -0.1) is 0 Å². The van der Waals surface area contributed by atoms with Gasteiger partial charge in [-0.25, -0.2) is 8.42 Å². The first-order chi connectivity index (χ1) is 11.4. The monoisotopic (exact) mass is 367 g/mol. The van der Waals surface area contributed by atoms with Crippen LogP contribution in [0.2, 0.25) is 5.02 Å². The summed E-state index contributed by atoms with van der Waals surface area (Å²) >= 11 is 5.91. The van der Waals surface area contributed by atoms with Gasteiger partial charge in [-0.05, 0) is 31.2 Å². The zero-order valence-electron chi connectivity index (χ0n) is 13.2. The van der Waals surface area contributed by atoms with E-state index in [0.29, 0.717) is 18.0 Å². The largest absolute Gasteiger partial charge is 0.492 e. The van der Waals surface area contributed by atoms with Crippen molar-refractivity contribution >= 4 is 33.0 Å². The van der Waals surface area contributed by atoms with Crippen molar-refractivity contribution in [1.82, 2.24) is 0 Å². The number of sulfone groups is 1. The SMILES string of the molecule is CCOc1ccccc1NC(=O)CCS(=O)(=O)c1ccccc1Cl. The maximum Gasteiger partial charge on any atom is 0.225 e. The third-order valence-corrected chi connectivity index (χ3v) is 5.44. The molecule has 2 rings (SSSR count). The predicted molar refractivity (Wildman–Crippen MR) is 94.4 cm³/mol.